The summed E-state index contributed by atoms with van der Waals surface area (Å²) in [6.07, 6.45) is -13.8. The number of rotatable bonds is 8. The summed E-state index contributed by atoms with van der Waals surface area (Å²) >= 11 is 0. The molecule has 2 saturated heterocycles. The molecule has 0 saturated carbocycles. The molecule has 1 aromatic carbocycles. The number of carbonyl (C=O) groups is 1. The quantitative estimate of drug-likeness (QED) is 0.136. The number of hydrogen-bond donors (Lipinski definition) is 7. The van der Waals surface area contributed by atoms with Gasteiger partial charge in [-0.3, -0.25) is 14.9 Å². The highest BCUT2D eigenvalue weighted by molar-refractivity contribution is 5.73. The first-order chi connectivity index (χ1) is 16.6. The Bertz CT molecular complexity index is 869. The number of nitro groups is 1. The SMILES string of the molecule is CC(=O)NC1C(Oc2ccc([N+](=O)[O-])cc2)OC(CO)C(OC2OC(CO)C(O)C(O)C2O)C1O. The van der Waals surface area contributed by atoms with Gasteiger partial charge in [-0.1, -0.05) is 0 Å². The van der Waals surface area contributed by atoms with E-state index in [1.54, 1.807) is 0 Å². The predicted molar refractivity (Wildman–Crippen MR) is 112 cm³/mol. The average molecular weight is 504 g/mol. The van der Waals surface area contributed by atoms with Crippen molar-refractivity contribution in [3.8, 4) is 5.75 Å². The predicted octanol–water partition coefficient (Wildman–Crippen LogP) is -3.26. The van der Waals surface area contributed by atoms with Crippen LogP contribution in [0.5, 0.6) is 5.75 Å². The molecule has 10 unspecified atom stereocenters. The van der Waals surface area contributed by atoms with E-state index in [9.17, 15) is 45.5 Å². The lowest BCUT2D eigenvalue weighted by molar-refractivity contribution is -0.384. The first-order valence-electron chi connectivity index (χ1n) is 10.7. The zero-order valence-electron chi connectivity index (χ0n) is 18.5. The highest BCUT2D eigenvalue weighted by atomic mass is 16.7. The number of nitrogens with one attached hydrogen (secondary N) is 1. The highest BCUT2D eigenvalue weighted by Gasteiger charge is 2.51. The van der Waals surface area contributed by atoms with E-state index in [2.05, 4.69) is 5.32 Å². The Hall–Kier alpha value is -2.47. The van der Waals surface area contributed by atoms with Crippen LogP contribution in [-0.2, 0) is 19.0 Å². The Morgan fingerprint density at radius 3 is 2.11 bits per heavy atom. The number of aliphatic hydroxyl groups excluding tert-OH is 6. The lowest BCUT2D eigenvalue weighted by Gasteiger charge is -2.47. The normalized spacial score (nSPS) is 37.5. The van der Waals surface area contributed by atoms with Crippen molar-refractivity contribution in [1.82, 2.24) is 5.32 Å². The second-order valence-electron chi connectivity index (χ2n) is 8.11. The Kier molecular flexibility index (Phi) is 8.92. The second-order valence-corrected chi connectivity index (χ2v) is 8.11. The third-order valence-electron chi connectivity index (χ3n) is 5.66. The van der Waals surface area contributed by atoms with Gasteiger partial charge in [-0.25, -0.2) is 0 Å². The van der Waals surface area contributed by atoms with Crippen LogP contribution in [0.2, 0.25) is 0 Å². The van der Waals surface area contributed by atoms with Gasteiger partial charge in [0.15, 0.2) is 6.29 Å². The van der Waals surface area contributed by atoms with E-state index < -0.39 is 85.4 Å². The van der Waals surface area contributed by atoms with Gasteiger partial charge < -0.3 is 54.9 Å². The molecular weight excluding hydrogens is 476 g/mol. The number of non-ortho nitro benzene ring substituents is 1. The summed E-state index contributed by atoms with van der Waals surface area (Å²) in [7, 11) is 0. The Balaban J connectivity index is 1.81. The zero-order valence-corrected chi connectivity index (χ0v) is 18.5. The molecule has 2 aliphatic rings. The molecule has 196 valence electrons. The van der Waals surface area contributed by atoms with Crippen molar-refractivity contribution in [2.24, 2.45) is 0 Å². The molecule has 2 fully saturated rings. The van der Waals surface area contributed by atoms with E-state index in [1.165, 1.54) is 31.2 Å². The number of nitro benzene ring substituents is 1. The van der Waals surface area contributed by atoms with Crippen LogP contribution in [0.4, 0.5) is 5.69 Å². The van der Waals surface area contributed by atoms with Crippen LogP contribution in [0.15, 0.2) is 24.3 Å². The first-order valence-corrected chi connectivity index (χ1v) is 10.7. The monoisotopic (exact) mass is 504 g/mol. The van der Waals surface area contributed by atoms with Crippen LogP contribution in [0, 0.1) is 10.1 Å². The van der Waals surface area contributed by atoms with Gasteiger partial charge >= 0.3 is 0 Å². The van der Waals surface area contributed by atoms with Crippen LogP contribution < -0.4 is 10.1 Å². The van der Waals surface area contributed by atoms with E-state index in [1.807, 2.05) is 0 Å². The summed E-state index contributed by atoms with van der Waals surface area (Å²) in [5, 5.41) is 73.7. The number of carbonyl (C=O) groups excluding carboxylic acids is 1. The summed E-state index contributed by atoms with van der Waals surface area (Å²) in [6.45, 7) is -0.259. The van der Waals surface area contributed by atoms with Gasteiger partial charge in [0.1, 0.15) is 54.5 Å². The van der Waals surface area contributed by atoms with Gasteiger partial charge in [-0.2, -0.15) is 0 Å². The smallest absolute Gasteiger partial charge is 0.269 e. The highest BCUT2D eigenvalue weighted by Crippen LogP contribution is 2.30. The van der Waals surface area contributed by atoms with Crippen LogP contribution >= 0.6 is 0 Å². The molecule has 0 aliphatic carbocycles. The number of amides is 1. The van der Waals surface area contributed by atoms with E-state index in [-0.39, 0.29) is 11.4 Å². The molecule has 0 bridgehead atoms. The summed E-state index contributed by atoms with van der Waals surface area (Å²) < 4.78 is 22.2. The van der Waals surface area contributed by atoms with Gasteiger partial charge in [0.25, 0.3) is 5.69 Å². The van der Waals surface area contributed by atoms with E-state index >= 15 is 0 Å². The fourth-order valence-electron chi connectivity index (χ4n) is 3.84. The Labute approximate surface area is 198 Å². The largest absolute Gasteiger partial charge is 0.463 e. The van der Waals surface area contributed by atoms with Gasteiger partial charge in [-0.15, -0.1) is 0 Å². The summed E-state index contributed by atoms with van der Waals surface area (Å²) in [6, 6.07) is 3.64. The van der Waals surface area contributed by atoms with Gasteiger partial charge in [0.05, 0.1) is 18.1 Å². The van der Waals surface area contributed by atoms with Crippen molar-refractivity contribution in [1.29, 1.82) is 0 Å². The minimum Gasteiger partial charge on any atom is -0.463 e. The molecule has 2 heterocycles. The van der Waals surface area contributed by atoms with Crippen LogP contribution in [0.25, 0.3) is 0 Å². The molecule has 10 atom stereocenters. The summed E-state index contributed by atoms with van der Waals surface area (Å²) in [5.74, 6) is -0.475. The van der Waals surface area contributed by atoms with Gasteiger partial charge in [0.2, 0.25) is 12.2 Å². The number of hydrogen-bond acceptors (Lipinski definition) is 13. The standard InChI is InChI=1S/C20H28N2O13/c1-8(25)21-13-15(27)18(35-20-17(29)16(28)14(26)11(6-23)33-20)12(7-24)34-19(13)32-10-4-2-9(3-5-10)22(30)31/h2-5,11-20,23-24,26-29H,6-7H2,1H3,(H,21,25). The van der Waals surface area contributed by atoms with Crippen molar-refractivity contribution < 1.29 is 59.3 Å². The van der Waals surface area contributed by atoms with E-state index in [0.717, 1.165) is 0 Å². The first kappa shape index (κ1) is 27.1. The van der Waals surface area contributed by atoms with Crippen LogP contribution in [-0.4, -0.2) is 116 Å². The van der Waals surface area contributed by atoms with Crippen molar-refractivity contribution in [2.75, 3.05) is 13.2 Å². The zero-order chi connectivity index (χ0) is 25.9. The molecule has 1 amide bonds. The van der Waals surface area contributed by atoms with Crippen molar-refractivity contribution >= 4 is 11.6 Å². The molecule has 2 aliphatic heterocycles. The fourth-order valence-corrected chi connectivity index (χ4v) is 3.84. The van der Waals surface area contributed by atoms with E-state index in [4.69, 9.17) is 18.9 Å². The lowest BCUT2D eigenvalue weighted by atomic mass is 9.95. The summed E-state index contributed by atoms with van der Waals surface area (Å²) in [5.41, 5.74) is -0.193. The maximum Gasteiger partial charge on any atom is 0.269 e. The van der Waals surface area contributed by atoms with Crippen molar-refractivity contribution in [2.45, 2.75) is 68.3 Å². The molecule has 3 rings (SSSR count). The second kappa shape index (κ2) is 11.5. The maximum absolute atomic E-state index is 11.8. The van der Waals surface area contributed by atoms with Crippen LogP contribution in [0.1, 0.15) is 6.92 Å². The van der Waals surface area contributed by atoms with Gasteiger partial charge in [0, 0.05) is 19.1 Å². The number of nitrogens with zero attached hydrogens (tertiary/aromatic N) is 1. The van der Waals surface area contributed by atoms with Crippen molar-refractivity contribution in [3.05, 3.63) is 34.4 Å². The number of ether oxygens (including phenoxy) is 4. The Morgan fingerprint density at radius 1 is 0.971 bits per heavy atom. The fraction of sp³-hybridized carbons (Fsp3) is 0.650. The average Bonchev–Trinajstić information content (AvgIpc) is 2.83. The lowest BCUT2D eigenvalue weighted by Crippen LogP contribution is -2.68. The number of benzene rings is 1. The molecular formula is C20H28N2O13. The van der Waals surface area contributed by atoms with E-state index in [0.29, 0.717) is 0 Å². The molecule has 0 spiro atoms. The topological polar surface area (TPSA) is 231 Å². The molecule has 35 heavy (non-hydrogen) atoms. The van der Waals surface area contributed by atoms with Crippen molar-refractivity contribution in [3.63, 3.8) is 0 Å². The van der Waals surface area contributed by atoms with Gasteiger partial charge in [-0.05, 0) is 12.1 Å². The number of aliphatic hydroxyl groups is 6. The Morgan fingerprint density at radius 2 is 1.57 bits per heavy atom. The molecule has 1 aromatic rings. The maximum atomic E-state index is 11.8. The molecule has 0 aromatic heterocycles. The van der Waals surface area contributed by atoms with Crippen LogP contribution in [0.3, 0.4) is 0 Å². The molecule has 15 heteroatoms. The molecule has 0 radical (unpaired) electrons. The third kappa shape index (κ3) is 6.03. The minimum absolute atomic E-state index is 0.105. The minimum atomic E-state index is -1.78. The molecule has 7 N–H and O–H groups in total. The molecule has 15 nitrogen and oxygen atoms in total. The summed E-state index contributed by atoms with van der Waals surface area (Å²) in [4.78, 5) is 22.0. The third-order valence-corrected chi connectivity index (χ3v) is 5.66.